The molecule has 0 radical (unpaired) electrons. The Morgan fingerprint density at radius 2 is 2.25 bits per heavy atom. The van der Waals surface area contributed by atoms with E-state index in [9.17, 15) is 4.79 Å². The van der Waals surface area contributed by atoms with E-state index in [1.54, 1.807) is 7.05 Å². The maximum Gasteiger partial charge on any atom is 0.222 e. The molecule has 6 nitrogen and oxygen atoms in total. The van der Waals surface area contributed by atoms with Crippen LogP contribution in [0.3, 0.4) is 0 Å². The summed E-state index contributed by atoms with van der Waals surface area (Å²) >= 11 is 6.45. The lowest BCUT2D eigenvalue weighted by atomic mass is 10.0. The van der Waals surface area contributed by atoms with Gasteiger partial charge in [-0.2, -0.15) is 0 Å². The largest absolute Gasteiger partial charge is 0.380 e. The third kappa shape index (κ3) is 2.44. The van der Waals surface area contributed by atoms with Gasteiger partial charge >= 0.3 is 0 Å². The quantitative estimate of drug-likeness (QED) is 0.819. The molecule has 1 fully saturated rings. The molecule has 0 aromatic carbocycles. The van der Waals surface area contributed by atoms with Crippen LogP contribution in [0.5, 0.6) is 0 Å². The number of anilines is 1. The van der Waals surface area contributed by atoms with Gasteiger partial charge in [-0.25, -0.2) is 9.97 Å². The molecule has 4 rings (SSSR count). The summed E-state index contributed by atoms with van der Waals surface area (Å²) in [4.78, 5) is 21.1. The van der Waals surface area contributed by atoms with Crippen molar-refractivity contribution in [1.82, 2.24) is 19.9 Å². The van der Waals surface area contributed by atoms with Gasteiger partial charge in [0.05, 0.1) is 12.0 Å². The Balaban J connectivity index is 1.72. The standard InChI is InChI=1S/C17H22ClN5O/c1-9-3-6-12-13(21-9)14-16(22-15(12)18)23(8-20-14)11-5-4-10(7-11)17(24)19-2/h8-11,21H,3-7H2,1-2H3,(H,19,24). The number of pyridine rings is 1. The van der Waals surface area contributed by atoms with Crippen molar-refractivity contribution in [2.24, 2.45) is 5.92 Å². The van der Waals surface area contributed by atoms with Gasteiger partial charge in [-0.15, -0.1) is 0 Å². The fraction of sp³-hybridized carbons (Fsp3) is 0.588. The summed E-state index contributed by atoms with van der Waals surface area (Å²) in [5.41, 5.74) is 3.82. The molecule has 0 saturated heterocycles. The Morgan fingerprint density at radius 1 is 1.42 bits per heavy atom. The predicted molar refractivity (Wildman–Crippen MR) is 94.4 cm³/mol. The van der Waals surface area contributed by atoms with Crippen LogP contribution in [0.15, 0.2) is 6.33 Å². The zero-order valence-corrected chi connectivity index (χ0v) is 14.7. The molecule has 128 valence electrons. The second-order valence-electron chi connectivity index (χ2n) is 6.94. The molecule has 7 heteroatoms. The maximum atomic E-state index is 11.9. The molecule has 1 amide bonds. The van der Waals surface area contributed by atoms with Crippen LogP contribution >= 0.6 is 11.6 Å². The molecule has 2 aromatic heterocycles. The normalized spacial score (nSPS) is 26.2. The van der Waals surface area contributed by atoms with Crippen molar-refractivity contribution < 1.29 is 4.79 Å². The molecular weight excluding hydrogens is 326 g/mol. The zero-order chi connectivity index (χ0) is 16.8. The highest BCUT2D eigenvalue weighted by Gasteiger charge is 2.32. The van der Waals surface area contributed by atoms with Crippen LogP contribution in [0.25, 0.3) is 11.2 Å². The van der Waals surface area contributed by atoms with Gasteiger partial charge in [0.15, 0.2) is 5.65 Å². The number of imidazole rings is 1. The first-order valence-electron chi connectivity index (χ1n) is 8.61. The number of carbonyl (C=O) groups is 1. The number of rotatable bonds is 2. The van der Waals surface area contributed by atoms with Gasteiger partial charge in [0.2, 0.25) is 5.91 Å². The number of nitrogens with one attached hydrogen (secondary N) is 2. The van der Waals surface area contributed by atoms with Gasteiger partial charge in [-0.1, -0.05) is 11.6 Å². The summed E-state index contributed by atoms with van der Waals surface area (Å²) in [6.45, 7) is 2.17. The monoisotopic (exact) mass is 347 g/mol. The lowest BCUT2D eigenvalue weighted by Crippen LogP contribution is -2.25. The van der Waals surface area contributed by atoms with Crippen LogP contribution in [0.4, 0.5) is 5.69 Å². The van der Waals surface area contributed by atoms with Crippen molar-refractivity contribution in [2.75, 3.05) is 12.4 Å². The van der Waals surface area contributed by atoms with E-state index in [-0.39, 0.29) is 17.9 Å². The molecule has 1 aliphatic carbocycles. The van der Waals surface area contributed by atoms with Crippen molar-refractivity contribution >= 4 is 34.4 Å². The molecule has 0 spiro atoms. The smallest absolute Gasteiger partial charge is 0.222 e. The van der Waals surface area contributed by atoms with Gasteiger partial charge in [0.25, 0.3) is 0 Å². The van der Waals surface area contributed by atoms with E-state index in [0.29, 0.717) is 11.2 Å². The van der Waals surface area contributed by atoms with Gasteiger partial charge < -0.3 is 15.2 Å². The number of nitrogens with zero attached hydrogens (tertiary/aromatic N) is 3. The Bertz CT molecular complexity index is 802. The molecule has 3 atom stereocenters. The summed E-state index contributed by atoms with van der Waals surface area (Å²) in [7, 11) is 1.70. The summed E-state index contributed by atoms with van der Waals surface area (Å²) in [6.07, 6.45) is 6.52. The number of aromatic nitrogens is 3. The molecular formula is C17H22ClN5O. The number of hydrogen-bond acceptors (Lipinski definition) is 4. The average Bonchev–Trinajstić information content (AvgIpc) is 3.20. The van der Waals surface area contributed by atoms with E-state index in [1.807, 2.05) is 6.33 Å². The third-order valence-corrected chi connectivity index (χ3v) is 5.71. The van der Waals surface area contributed by atoms with E-state index in [4.69, 9.17) is 11.6 Å². The second kappa shape index (κ2) is 5.92. The van der Waals surface area contributed by atoms with E-state index < -0.39 is 0 Å². The van der Waals surface area contributed by atoms with E-state index in [1.165, 1.54) is 0 Å². The van der Waals surface area contributed by atoms with Gasteiger partial charge in [-0.3, -0.25) is 4.79 Å². The van der Waals surface area contributed by atoms with Crippen LogP contribution < -0.4 is 10.6 Å². The number of hydrogen-bond donors (Lipinski definition) is 2. The third-order valence-electron chi connectivity index (χ3n) is 5.39. The molecule has 3 heterocycles. The molecule has 24 heavy (non-hydrogen) atoms. The lowest BCUT2D eigenvalue weighted by Gasteiger charge is -2.25. The van der Waals surface area contributed by atoms with Crippen molar-refractivity contribution in [1.29, 1.82) is 0 Å². The molecule has 2 aliphatic rings. The minimum Gasteiger partial charge on any atom is -0.380 e. The summed E-state index contributed by atoms with van der Waals surface area (Å²) < 4.78 is 2.10. The van der Waals surface area contributed by atoms with Gasteiger partial charge in [0.1, 0.15) is 10.7 Å². The maximum absolute atomic E-state index is 11.9. The summed E-state index contributed by atoms with van der Waals surface area (Å²) in [6, 6.07) is 0.661. The molecule has 1 saturated carbocycles. The van der Waals surface area contributed by atoms with Crippen LogP contribution in [-0.4, -0.2) is 33.5 Å². The zero-order valence-electron chi connectivity index (χ0n) is 14.0. The van der Waals surface area contributed by atoms with Crippen molar-refractivity contribution in [3.63, 3.8) is 0 Å². The van der Waals surface area contributed by atoms with Crippen molar-refractivity contribution in [3.05, 3.63) is 17.0 Å². The molecule has 2 N–H and O–H groups in total. The summed E-state index contributed by atoms with van der Waals surface area (Å²) in [5.74, 6) is 0.199. The minimum absolute atomic E-state index is 0.0729. The fourth-order valence-electron chi connectivity index (χ4n) is 4.03. The number of fused-ring (bicyclic) bond motifs is 3. The number of halogens is 1. The highest BCUT2D eigenvalue weighted by Crippen LogP contribution is 2.39. The van der Waals surface area contributed by atoms with Crippen molar-refractivity contribution in [2.45, 2.75) is 51.1 Å². The van der Waals surface area contributed by atoms with Gasteiger partial charge in [0, 0.05) is 30.6 Å². The Hall–Kier alpha value is -1.82. The van der Waals surface area contributed by atoms with E-state index in [0.717, 1.165) is 54.5 Å². The van der Waals surface area contributed by atoms with Crippen LogP contribution in [0.1, 0.15) is 44.2 Å². The van der Waals surface area contributed by atoms with Crippen LogP contribution in [0.2, 0.25) is 5.15 Å². The van der Waals surface area contributed by atoms with E-state index >= 15 is 0 Å². The van der Waals surface area contributed by atoms with E-state index in [2.05, 4.69) is 32.1 Å². The first kappa shape index (κ1) is 15.7. The average molecular weight is 348 g/mol. The number of carbonyl (C=O) groups excluding carboxylic acids is 1. The Kier molecular flexibility index (Phi) is 3.87. The van der Waals surface area contributed by atoms with Crippen molar-refractivity contribution in [3.8, 4) is 0 Å². The van der Waals surface area contributed by atoms with Crippen LogP contribution in [-0.2, 0) is 11.2 Å². The highest BCUT2D eigenvalue weighted by molar-refractivity contribution is 6.31. The molecule has 3 unspecified atom stereocenters. The minimum atomic E-state index is 0.0729. The topological polar surface area (TPSA) is 71.8 Å². The van der Waals surface area contributed by atoms with Gasteiger partial charge in [-0.05, 0) is 39.0 Å². The first-order chi connectivity index (χ1) is 11.6. The lowest BCUT2D eigenvalue weighted by molar-refractivity contribution is -0.124. The predicted octanol–water partition coefficient (Wildman–Crippen LogP) is 2.92. The molecule has 0 bridgehead atoms. The summed E-state index contributed by atoms with van der Waals surface area (Å²) in [5, 5.41) is 6.84. The highest BCUT2D eigenvalue weighted by atomic mass is 35.5. The first-order valence-corrected chi connectivity index (χ1v) is 8.99. The molecule has 2 aromatic rings. The SMILES string of the molecule is CNC(=O)C1CCC(n2cnc3c4c(c(Cl)nc32)CCC(C)N4)C1. The number of amides is 1. The Labute approximate surface area is 146 Å². The fourth-order valence-corrected chi connectivity index (χ4v) is 4.30. The van der Waals surface area contributed by atoms with Crippen LogP contribution in [0, 0.1) is 5.92 Å². The Morgan fingerprint density at radius 3 is 3.04 bits per heavy atom. The second-order valence-corrected chi connectivity index (χ2v) is 7.30. The molecule has 1 aliphatic heterocycles.